The van der Waals surface area contributed by atoms with E-state index >= 15 is 0 Å². The number of aryl methyl sites for hydroxylation is 2. The van der Waals surface area contributed by atoms with Crippen LogP contribution in [0.25, 0.3) is 5.69 Å². The highest BCUT2D eigenvalue weighted by atomic mass is 16.2. The van der Waals surface area contributed by atoms with Crippen LogP contribution in [0.3, 0.4) is 0 Å². The van der Waals surface area contributed by atoms with Gasteiger partial charge in [0, 0.05) is 24.6 Å². The highest BCUT2D eigenvalue weighted by Crippen LogP contribution is 2.17. The number of hydrogen-bond acceptors (Lipinski definition) is 3. The molecule has 0 radical (unpaired) electrons. The maximum atomic E-state index is 12.5. The van der Waals surface area contributed by atoms with Crippen LogP contribution in [0.2, 0.25) is 0 Å². The first-order valence-corrected chi connectivity index (χ1v) is 8.02. The van der Waals surface area contributed by atoms with Gasteiger partial charge in [0.15, 0.2) is 0 Å². The second-order valence-corrected chi connectivity index (χ2v) is 5.75. The third kappa shape index (κ3) is 3.22. The summed E-state index contributed by atoms with van der Waals surface area (Å²) in [7, 11) is 0. The van der Waals surface area contributed by atoms with E-state index in [1.165, 1.54) is 0 Å². The first-order chi connectivity index (χ1) is 11.6. The van der Waals surface area contributed by atoms with Crippen LogP contribution in [0.1, 0.15) is 41.6 Å². The van der Waals surface area contributed by atoms with E-state index in [9.17, 15) is 4.79 Å². The molecule has 1 atom stereocenters. The second kappa shape index (κ2) is 6.70. The standard InChI is InChI=1S/C18H21N5O/c1-4-23-17(10-13(2)21-23)18(24)20-14(3)15-6-5-7-16(11-15)22-9-8-19-12-22/h5-12,14H,4H2,1-3H3,(H,20,24)/t14-/m0/s1. The predicted octanol–water partition coefficient (Wildman–Crippen LogP) is 2.89. The molecule has 1 amide bonds. The quantitative estimate of drug-likeness (QED) is 0.785. The molecular weight excluding hydrogens is 302 g/mol. The number of hydrogen-bond donors (Lipinski definition) is 1. The van der Waals surface area contributed by atoms with Crippen molar-refractivity contribution in [1.82, 2.24) is 24.6 Å². The normalized spacial score (nSPS) is 12.1. The lowest BCUT2D eigenvalue weighted by Gasteiger charge is -2.16. The Morgan fingerprint density at radius 1 is 1.33 bits per heavy atom. The lowest BCUT2D eigenvalue weighted by molar-refractivity contribution is 0.0929. The van der Waals surface area contributed by atoms with Crippen LogP contribution in [0.4, 0.5) is 0 Å². The predicted molar refractivity (Wildman–Crippen MR) is 92.1 cm³/mol. The van der Waals surface area contributed by atoms with Gasteiger partial charge >= 0.3 is 0 Å². The molecule has 0 bridgehead atoms. The van der Waals surface area contributed by atoms with Crippen LogP contribution in [-0.4, -0.2) is 25.2 Å². The lowest BCUT2D eigenvalue weighted by Crippen LogP contribution is -2.28. The van der Waals surface area contributed by atoms with E-state index in [1.807, 2.05) is 55.8 Å². The summed E-state index contributed by atoms with van der Waals surface area (Å²) in [6.45, 7) is 6.51. The van der Waals surface area contributed by atoms with E-state index in [4.69, 9.17) is 0 Å². The number of imidazole rings is 1. The number of nitrogens with zero attached hydrogens (tertiary/aromatic N) is 4. The number of carbonyl (C=O) groups is 1. The van der Waals surface area contributed by atoms with E-state index in [0.29, 0.717) is 12.2 Å². The molecule has 2 aromatic heterocycles. The second-order valence-electron chi connectivity index (χ2n) is 5.75. The molecule has 0 unspecified atom stereocenters. The van der Waals surface area contributed by atoms with Gasteiger partial charge in [-0.15, -0.1) is 0 Å². The number of carbonyl (C=O) groups excluding carboxylic acids is 1. The SMILES string of the molecule is CCn1nc(C)cc1C(=O)N[C@@H](C)c1cccc(-n2ccnc2)c1. The first-order valence-electron chi connectivity index (χ1n) is 8.02. The summed E-state index contributed by atoms with van der Waals surface area (Å²) in [5, 5.41) is 7.37. The van der Waals surface area contributed by atoms with Crippen LogP contribution in [-0.2, 0) is 6.54 Å². The maximum Gasteiger partial charge on any atom is 0.270 e. The number of benzene rings is 1. The minimum Gasteiger partial charge on any atom is -0.344 e. The molecular formula is C18H21N5O. The Hall–Kier alpha value is -2.89. The molecule has 1 N–H and O–H groups in total. The number of rotatable bonds is 5. The van der Waals surface area contributed by atoms with Crippen LogP contribution < -0.4 is 5.32 Å². The van der Waals surface area contributed by atoms with Crippen LogP contribution in [0.5, 0.6) is 0 Å². The van der Waals surface area contributed by atoms with Crippen molar-refractivity contribution < 1.29 is 4.79 Å². The Bertz CT molecular complexity index is 835. The maximum absolute atomic E-state index is 12.5. The summed E-state index contributed by atoms with van der Waals surface area (Å²) < 4.78 is 3.66. The fourth-order valence-electron chi connectivity index (χ4n) is 2.69. The van der Waals surface area contributed by atoms with Gasteiger partial charge in [0.1, 0.15) is 5.69 Å². The number of nitrogens with one attached hydrogen (secondary N) is 1. The third-order valence-corrected chi connectivity index (χ3v) is 3.95. The molecule has 0 aliphatic rings. The molecule has 124 valence electrons. The molecule has 0 spiro atoms. The zero-order valence-corrected chi connectivity index (χ0v) is 14.1. The van der Waals surface area contributed by atoms with Gasteiger partial charge < -0.3 is 9.88 Å². The highest BCUT2D eigenvalue weighted by molar-refractivity contribution is 5.93. The van der Waals surface area contributed by atoms with Crippen LogP contribution in [0, 0.1) is 6.92 Å². The molecule has 24 heavy (non-hydrogen) atoms. The average Bonchev–Trinajstić information content (AvgIpc) is 3.24. The fraction of sp³-hybridized carbons (Fsp3) is 0.278. The monoisotopic (exact) mass is 323 g/mol. The van der Waals surface area contributed by atoms with E-state index in [1.54, 1.807) is 17.2 Å². The molecule has 0 aliphatic carbocycles. The van der Waals surface area contributed by atoms with Gasteiger partial charge in [0.2, 0.25) is 0 Å². The zero-order valence-electron chi connectivity index (χ0n) is 14.1. The van der Waals surface area contributed by atoms with Crippen molar-refractivity contribution in [2.24, 2.45) is 0 Å². The van der Waals surface area contributed by atoms with E-state index < -0.39 is 0 Å². The van der Waals surface area contributed by atoms with Crippen molar-refractivity contribution in [1.29, 1.82) is 0 Å². The van der Waals surface area contributed by atoms with Gasteiger partial charge in [-0.2, -0.15) is 5.10 Å². The third-order valence-electron chi connectivity index (χ3n) is 3.95. The van der Waals surface area contributed by atoms with Gasteiger partial charge in [0.05, 0.1) is 18.1 Å². The van der Waals surface area contributed by atoms with Crippen molar-refractivity contribution in [3.8, 4) is 5.69 Å². The molecule has 0 fully saturated rings. The van der Waals surface area contributed by atoms with Crippen molar-refractivity contribution in [3.63, 3.8) is 0 Å². The van der Waals surface area contributed by atoms with Crippen molar-refractivity contribution in [2.45, 2.75) is 33.4 Å². The Morgan fingerprint density at radius 2 is 2.17 bits per heavy atom. The molecule has 6 nitrogen and oxygen atoms in total. The van der Waals surface area contributed by atoms with Gasteiger partial charge in [0.25, 0.3) is 5.91 Å². The summed E-state index contributed by atoms with van der Waals surface area (Å²) in [6, 6.07) is 9.75. The first kappa shape index (κ1) is 16.0. The summed E-state index contributed by atoms with van der Waals surface area (Å²) in [4.78, 5) is 16.6. The minimum absolute atomic E-state index is 0.110. The molecule has 1 aromatic carbocycles. The number of aromatic nitrogens is 4. The molecule has 6 heteroatoms. The summed E-state index contributed by atoms with van der Waals surface area (Å²) >= 11 is 0. The van der Waals surface area contributed by atoms with Gasteiger partial charge in [-0.05, 0) is 44.5 Å². The van der Waals surface area contributed by atoms with E-state index in [-0.39, 0.29) is 11.9 Å². The molecule has 0 saturated heterocycles. The summed E-state index contributed by atoms with van der Waals surface area (Å²) in [6.07, 6.45) is 5.39. The molecule has 3 aromatic rings. The molecule has 3 rings (SSSR count). The minimum atomic E-state index is -0.113. The molecule has 2 heterocycles. The highest BCUT2D eigenvalue weighted by Gasteiger charge is 2.16. The topological polar surface area (TPSA) is 64.7 Å². The van der Waals surface area contributed by atoms with E-state index in [2.05, 4.69) is 21.5 Å². The Balaban J connectivity index is 1.78. The van der Waals surface area contributed by atoms with Crippen molar-refractivity contribution >= 4 is 5.91 Å². The lowest BCUT2D eigenvalue weighted by atomic mass is 10.1. The summed E-state index contributed by atoms with van der Waals surface area (Å²) in [5.41, 5.74) is 3.48. The largest absolute Gasteiger partial charge is 0.344 e. The Labute approximate surface area is 141 Å². The average molecular weight is 323 g/mol. The smallest absolute Gasteiger partial charge is 0.270 e. The number of amides is 1. The summed E-state index contributed by atoms with van der Waals surface area (Å²) in [5.74, 6) is -0.113. The molecule has 0 saturated carbocycles. The van der Waals surface area contributed by atoms with Crippen LogP contribution in [0.15, 0.2) is 49.1 Å². The van der Waals surface area contributed by atoms with Gasteiger partial charge in [-0.1, -0.05) is 12.1 Å². The molecule has 0 aliphatic heterocycles. The Morgan fingerprint density at radius 3 is 2.88 bits per heavy atom. The Kier molecular flexibility index (Phi) is 4.46. The fourth-order valence-corrected chi connectivity index (χ4v) is 2.69. The van der Waals surface area contributed by atoms with Crippen LogP contribution >= 0.6 is 0 Å². The van der Waals surface area contributed by atoms with Crippen molar-refractivity contribution in [2.75, 3.05) is 0 Å². The van der Waals surface area contributed by atoms with Gasteiger partial charge in [-0.3, -0.25) is 9.48 Å². The van der Waals surface area contributed by atoms with Gasteiger partial charge in [-0.25, -0.2) is 4.98 Å². The van der Waals surface area contributed by atoms with E-state index in [0.717, 1.165) is 16.9 Å². The zero-order chi connectivity index (χ0) is 17.1. The van der Waals surface area contributed by atoms with Crippen molar-refractivity contribution in [3.05, 3.63) is 66.0 Å².